The van der Waals surface area contributed by atoms with E-state index in [1.807, 2.05) is 0 Å². The van der Waals surface area contributed by atoms with E-state index in [-0.39, 0.29) is 6.10 Å². The van der Waals surface area contributed by atoms with Crippen LogP contribution < -0.4 is 5.32 Å². The van der Waals surface area contributed by atoms with Gasteiger partial charge >= 0.3 is 0 Å². The summed E-state index contributed by atoms with van der Waals surface area (Å²) in [6, 6.07) is 0.726. The van der Waals surface area contributed by atoms with Crippen molar-refractivity contribution < 1.29 is 5.11 Å². The quantitative estimate of drug-likeness (QED) is 0.816. The third-order valence-electron chi connectivity index (χ3n) is 5.65. The van der Waals surface area contributed by atoms with Gasteiger partial charge in [0.05, 0.1) is 6.10 Å². The number of piperidine rings is 1. The van der Waals surface area contributed by atoms with E-state index in [1.165, 1.54) is 38.6 Å². The van der Waals surface area contributed by atoms with E-state index in [9.17, 15) is 5.11 Å². The summed E-state index contributed by atoms with van der Waals surface area (Å²) in [6.07, 6.45) is 8.66. The van der Waals surface area contributed by atoms with Crippen LogP contribution in [0, 0.1) is 23.7 Å². The van der Waals surface area contributed by atoms with E-state index in [2.05, 4.69) is 26.1 Å². The van der Waals surface area contributed by atoms with E-state index in [4.69, 9.17) is 0 Å². The Morgan fingerprint density at radius 2 is 1.84 bits per heavy atom. The largest absolute Gasteiger partial charge is 0.393 e. The summed E-state index contributed by atoms with van der Waals surface area (Å²) >= 11 is 0. The first-order valence-electron chi connectivity index (χ1n) is 8.47. The van der Waals surface area contributed by atoms with E-state index >= 15 is 0 Å². The summed E-state index contributed by atoms with van der Waals surface area (Å²) in [5.41, 5.74) is 0. The van der Waals surface area contributed by atoms with Crippen LogP contribution >= 0.6 is 0 Å². The van der Waals surface area contributed by atoms with E-state index in [0.717, 1.165) is 42.6 Å². The molecule has 0 radical (unpaired) electrons. The molecule has 0 aromatic carbocycles. The minimum Gasteiger partial charge on any atom is -0.393 e. The predicted molar refractivity (Wildman–Crippen MR) is 81.1 cm³/mol. The molecular formula is C17H33NO. The number of aliphatic hydroxyl groups excluding tert-OH is 1. The van der Waals surface area contributed by atoms with Gasteiger partial charge < -0.3 is 10.4 Å². The molecule has 5 atom stereocenters. The second kappa shape index (κ2) is 7.08. The molecule has 0 spiro atoms. The van der Waals surface area contributed by atoms with Gasteiger partial charge in [0.2, 0.25) is 0 Å². The lowest BCUT2D eigenvalue weighted by Crippen LogP contribution is -2.42. The Kier molecular flexibility index (Phi) is 5.70. The topological polar surface area (TPSA) is 32.3 Å². The first-order chi connectivity index (χ1) is 9.06. The summed E-state index contributed by atoms with van der Waals surface area (Å²) in [5, 5.41) is 13.6. The van der Waals surface area contributed by atoms with Crippen LogP contribution in [0.1, 0.15) is 65.7 Å². The Morgan fingerprint density at radius 3 is 2.42 bits per heavy atom. The zero-order valence-corrected chi connectivity index (χ0v) is 13.1. The number of hydrogen-bond acceptors (Lipinski definition) is 2. The molecule has 2 fully saturated rings. The fourth-order valence-corrected chi connectivity index (χ4v) is 4.07. The molecule has 1 heterocycles. The van der Waals surface area contributed by atoms with Gasteiger partial charge in [-0.3, -0.25) is 0 Å². The van der Waals surface area contributed by atoms with Crippen molar-refractivity contribution in [3.8, 4) is 0 Å². The van der Waals surface area contributed by atoms with Crippen molar-refractivity contribution in [3.05, 3.63) is 0 Å². The molecule has 1 saturated carbocycles. The van der Waals surface area contributed by atoms with Gasteiger partial charge in [0.1, 0.15) is 0 Å². The first kappa shape index (κ1) is 15.3. The smallest absolute Gasteiger partial charge is 0.0543 e. The van der Waals surface area contributed by atoms with Gasteiger partial charge in [-0.05, 0) is 62.3 Å². The Bertz CT molecular complexity index is 258. The van der Waals surface area contributed by atoms with Crippen molar-refractivity contribution >= 4 is 0 Å². The molecule has 2 rings (SSSR count). The van der Waals surface area contributed by atoms with Gasteiger partial charge in [-0.1, -0.05) is 33.6 Å². The molecule has 19 heavy (non-hydrogen) atoms. The zero-order valence-electron chi connectivity index (χ0n) is 13.1. The van der Waals surface area contributed by atoms with Gasteiger partial charge in [0.15, 0.2) is 0 Å². The number of hydrogen-bond donors (Lipinski definition) is 2. The highest BCUT2D eigenvalue weighted by atomic mass is 16.3. The number of aliphatic hydroxyl groups is 1. The number of rotatable bonds is 4. The van der Waals surface area contributed by atoms with Gasteiger partial charge in [-0.15, -0.1) is 0 Å². The third kappa shape index (κ3) is 4.46. The van der Waals surface area contributed by atoms with Crippen LogP contribution in [-0.4, -0.2) is 23.8 Å². The van der Waals surface area contributed by atoms with Crippen LogP contribution in [-0.2, 0) is 0 Å². The Hall–Kier alpha value is -0.0800. The lowest BCUT2D eigenvalue weighted by molar-refractivity contribution is 0.0765. The average molecular weight is 267 g/mol. The molecule has 0 bridgehead atoms. The first-order valence-corrected chi connectivity index (χ1v) is 8.47. The molecule has 1 saturated heterocycles. The molecule has 2 aliphatic rings. The second-order valence-electron chi connectivity index (χ2n) is 7.48. The van der Waals surface area contributed by atoms with Gasteiger partial charge in [-0.25, -0.2) is 0 Å². The summed E-state index contributed by atoms with van der Waals surface area (Å²) < 4.78 is 0. The van der Waals surface area contributed by atoms with E-state index in [1.54, 1.807) is 0 Å². The van der Waals surface area contributed by atoms with Crippen molar-refractivity contribution in [2.75, 3.05) is 6.54 Å². The van der Waals surface area contributed by atoms with Crippen LogP contribution in [0.5, 0.6) is 0 Å². The van der Waals surface area contributed by atoms with Crippen molar-refractivity contribution in [3.63, 3.8) is 0 Å². The highest BCUT2D eigenvalue weighted by molar-refractivity contribution is 4.83. The highest BCUT2D eigenvalue weighted by Crippen LogP contribution is 2.34. The van der Waals surface area contributed by atoms with Crippen LogP contribution in [0.3, 0.4) is 0 Å². The molecule has 0 amide bonds. The summed E-state index contributed by atoms with van der Waals surface area (Å²) in [6.45, 7) is 8.30. The summed E-state index contributed by atoms with van der Waals surface area (Å²) in [7, 11) is 0. The Balaban J connectivity index is 1.72. The lowest BCUT2D eigenvalue weighted by Gasteiger charge is -2.36. The van der Waals surface area contributed by atoms with E-state index < -0.39 is 0 Å². The minimum atomic E-state index is -0.0224. The molecule has 1 aliphatic carbocycles. The maximum absolute atomic E-state index is 9.81. The van der Waals surface area contributed by atoms with Gasteiger partial charge in [0.25, 0.3) is 0 Å². The standard InChI is InChI=1S/C17H33NO/c1-12(2)15-7-8-16(18-11-15)9-13(3)14-5-4-6-17(19)10-14/h12-19H,4-11H2,1-3H3/t13?,14-,15-,16?,17-/m0/s1. The second-order valence-corrected chi connectivity index (χ2v) is 7.48. The summed E-state index contributed by atoms with van der Waals surface area (Å²) in [4.78, 5) is 0. The molecule has 0 aromatic rings. The molecule has 2 unspecified atom stereocenters. The van der Waals surface area contributed by atoms with Crippen molar-refractivity contribution in [1.82, 2.24) is 5.32 Å². The summed E-state index contributed by atoms with van der Waals surface area (Å²) in [5.74, 6) is 3.22. The van der Waals surface area contributed by atoms with Crippen molar-refractivity contribution in [1.29, 1.82) is 0 Å². The lowest BCUT2D eigenvalue weighted by atomic mass is 9.75. The minimum absolute atomic E-state index is 0.0224. The number of nitrogens with one attached hydrogen (secondary N) is 1. The Morgan fingerprint density at radius 1 is 1.05 bits per heavy atom. The van der Waals surface area contributed by atoms with Gasteiger partial charge in [-0.2, -0.15) is 0 Å². The van der Waals surface area contributed by atoms with Crippen molar-refractivity contribution in [2.24, 2.45) is 23.7 Å². The SMILES string of the molecule is CC(C)[C@H]1CCC(CC(C)[C@H]2CCC[C@H](O)C2)NC1. The third-order valence-corrected chi connectivity index (χ3v) is 5.65. The van der Waals surface area contributed by atoms with Crippen LogP contribution in [0.2, 0.25) is 0 Å². The molecular weight excluding hydrogens is 234 g/mol. The maximum Gasteiger partial charge on any atom is 0.0543 e. The maximum atomic E-state index is 9.81. The Labute approximate surface area is 119 Å². The predicted octanol–water partition coefficient (Wildman–Crippen LogP) is 3.59. The normalized spacial score (nSPS) is 38.4. The van der Waals surface area contributed by atoms with Crippen molar-refractivity contribution in [2.45, 2.75) is 77.9 Å². The fraction of sp³-hybridized carbons (Fsp3) is 1.00. The average Bonchev–Trinajstić information content (AvgIpc) is 2.39. The fourth-order valence-electron chi connectivity index (χ4n) is 4.07. The van der Waals surface area contributed by atoms with E-state index in [0.29, 0.717) is 0 Å². The molecule has 2 N–H and O–H groups in total. The molecule has 2 heteroatoms. The zero-order chi connectivity index (χ0) is 13.8. The molecule has 1 aliphatic heterocycles. The monoisotopic (exact) mass is 267 g/mol. The van der Waals surface area contributed by atoms with Crippen LogP contribution in [0.4, 0.5) is 0 Å². The van der Waals surface area contributed by atoms with Gasteiger partial charge in [0, 0.05) is 6.04 Å². The molecule has 2 nitrogen and oxygen atoms in total. The molecule has 0 aromatic heterocycles. The molecule has 112 valence electrons. The van der Waals surface area contributed by atoms with Crippen LogP contribution in [0.15, 0.2) is 0 Å². The van der Waals surface area contributed by atoms with Crippen LogP contribution in [0.25, 0.3) is 0 Å². The highest BCUT2D eigenvalue weighted by Gasteiger charge is 2.29.